The summed E-state index contributed by atoms with van der Waals surface area (Å²) in [6.45, 7) is 0.389. The number of ether oxygens (including phenoxy) is 2. The van der Waals surface area contributed by atoms with Gasteiger partial charge in [-0.2, -0.15) is 4.98 Å². The molecule has 0 unspecified atom stereocenters. The molecule has 0 fully saturated rings. The summed E-state index contributed by atoms with van der Waals surface area (Å²) in [5.41, 5.74) is 8.35. The van der Waals surface area contributed by atoms with E-state index in [1.807, 2.05) is 30.3 Å². The maximum Gasteiger partial charge on any atom is 0.259 e. The highest BCUT2D eigenvalue weighted by Crippen LogP contribution is 2.33. The van der Waals surface area contributed by atoms with Crippen molar-refractivity contribution in [3.05, 3.63) is 96.1 Å². The third kappa shape index (κ3) is 5.22. The molecule has 1 aromatic heterocycles. The smallest absolute Gasteiger partial charge is 0.259 e. The van der Waals surface area contributed by atoms with Crippen molar-refractivity contribution >= 4 is 9.84 Å². The van der Waals surface area contributed by atoms with E-state index in [1.54, 1.807) is 18.2 Å². The van der Waals surface area contributed by atoms with Crippen LogP contribution in [0.15, 0.2) is 83.8 Å². The Labute approximate surface area is 195 Å². The Balaban J connectivity index is 1.65. The Bertz CT molecular complexity index is 1460. The van der Waals surface area contributed by atoms with Gasteiger partial charge >= 0.3 is 0 Å². The van der Waals surface area contributed by atoms with Crippen LogP contribution in [0.5, 0.6) is 23.3 Å². The predicted octanol–water partition coefficient (Wildman–Crippen LogP) is 5.47. The average Bonchev–Trinajstić information content (AvgIpc) is 2.82. The maximum absolute atomic E-state index is 14.5. The van der Waals surface area contributed by atoms with Gasteiger partial charge in [0.2, 0.25) is 0 Å². The molecule has 0 aliphatic carbocycles. The van der Waals surface area contributed by atoms with Gasteiger partial charge in [-0.05, 0) is 47.0 Å². The Morgan fingerprint density at radius 3 is 2.18 bits per heavy atom. The van der Waals surface area contributed by atoms with Crippen molar-refractivity contribution in [2.24, 2.45) is 5.73 Å². The van der Waals surface area contributed by atoms with E-state index in [4.69, 9.17) is 15.2 Å². The lowest BCUT2D eigenvalue weighted by atomic mass is 10.0. The molecule has 9 heteroatoms. The van der Waals surface area contributed by atoms with E-state index in [-0.39, 0.29) is 16.4 Å². The highest BCUT2D eigenvalue weighted by molar-refractivity contribution is 7.90. The normalized spacial score (nSPS) is 11.3. The molecular formula is C25H20F2N2O4S. The van der Waals surface area contributed by atoms with E-state index in [1.165, 1.54) is 24.3 Å². The monoisotopic (exact) mass is 482 g/mol. The second kappa shape index (κ2) is 9.58. The minimum atomic E-state index is -3.66. The summed E-state index contributed by atoms with van der Waals surface area (Å²) in [6, 6.07) is 20.7. The summed E-state index contributed by atoms with van der Waals surface area (Å²) in [5.74, 6) is -3.19. The third-order valence-corrected chi connectivity index (χ3v) is 6.00. The summed E-state index contributed by atoms with van der Waals surface area (Å²) >= 11 is 0. The Kier molecular flexibility index (Phi) is 6.58. The summed E-state index contributed by atoms with van der Waals surface area (Å²) in [4.78, 5) is 3.65. The molecule has 0 radical (unpaired) electrons. The number of nitrogens with two attached hydrogens (primary N) is 1. The number of aromatic nitrogens is 1. The zero-order chi connectivity index (χ0) is 24.3. The van der Waals surface area contributed by atoms with Crippen LogP contribution in [0.1, 0.15) is 5.56 Å². The van der Waals surface area contributed by atoms with Crippen LogP contribution in [0.4, 0.5) is 8.78 Å². The van der Waals surface area contributed by atoms with Crippen LogP contribution in [0.2, 0.25) is 0 Å². The van der Waals surface area contributed by atoms with E-state index < -0.39 is 33.2 Å². The van der Waals surface area contributed by atoms with Gasteiger partial charge in [0, 0.05) is 18.9 Å². The molecular weight excluding hydrogens is 462 g/mol. The van der Waals surface area contributed by atoms with Crippen molar-refractivity contribution in [2.45, 2.75) is 11.4 Å². The first-order valence-corrected chi connectivity index (χ1v) is 12.0. The first kappa shape index (κ1) is 23.3. The van der Waals surface area contributed by atoms with Crippen molar-refractivity contribution in [2.75, 3.05) is 6.26 Å². The zero-order valence-corrected chi connectivity index (χ0v) is 18.9. The molecule has 2 N–H and O–H groups in total. The molecule has 4 aromatic rings. The summed E-state index contributed by atoms with van der Waals surface area (Å²) in [7, 11) is -3.66. The lowest BCUT2D eigenvalue weighted by molar-refractivity contribution is 0.372. The summed E-state index contributed by atoms with van der Waals surface area (Å²) in [6.07, 6.45) is 0.994. The van der Waals surface area contributed by atoms with Crippen LogP contribution in [0.3, 0.4) is 0 Å². The predicted molar refractivity (Wildman–Crippen MR) is 124 cm³/mol. The van der Waals surface area contributed by atoms with Crippen LogP contribution in [0, 0.1) is 11.6 Å². The molecule has 0 aliphatic heterocycles. The molecule has 0 aliphatic rings. The van der Waals surface area contributed by atoms with Crippen molar-refractivity contribution in [3.8, 4) is 34.4 Å². The number of benzene rings is 3. The molecule has 0 amide bonds. The van der Waals surface area contributed by atoms with Crippen LogP contribution in [-0.2, 0) is 16.4 Å². The molecule has 6 nitrogen and oxygen atoms in total. The van der Waals surface area contributed by atoms with E-state index in [9.17, 15) is 17.2 Å². The maximum atomic E-state index is 14.5. The first-order valence-electron chi connectivity index (χ1n) is 10.1. The van der Waals surface area contributed by atoms with Crippen molar-refractivity contribution < 1.29 is 26.7 Å². The first-order chi connectivity index (χ1) is 16.2. The molecule has 0 saturated carbocycles. The summed E-state index contributed by atoms with van der Waals surface area (Å²) in [5, 5.41) is 0. The lowest BCUT2D eigenvalue weighted by Gasteiger charge is -2.12. The molecule has 34 heavy (non-hydrogen) atoms. The second-order valence-corrected chi connectivity index (χ2v) is 9.40. The van der Waals surface area contributed by atoms with E-state index in [0.717, 1.165) is 22.9 Å². The highest BCUT2D eigenvalue weighted by atomic mass is 32.2. The number of rotatable bonds is 7. The Morgan fingerprint density at radius 1 is 0.824 bits per heavy atom. The molecule has 0 atom stereocenters. The minimum Gasteiger partial charge on any atom is -0.436 e. The topological polar surface area (TPSA) is 91.5 Å². The largest absolute Gasteiger partial charge is 0.436 e. The van der Waals surface area contributed by atoms with Crippen LogP contribution >= 0.6 is 0 Å². The number of hydrogen-bond donors (Lipinski definition) is 1. The quantitative estimate of drug-likeness (QED) is 0.375. The fourth-order valence-electron chi connectivity index (χ4n) is 3.25. The van der Waals surface area contributed by atoms with Crippen LogP contribution < -0.4 is 15.2 Å². The Hall–Kier alpha value is -3.82. The van der Waals surface area contributed by atoms with Gasteiger partial charge in [0.05, 0.1) is 0 Å². The fraction of sp³-hybridized carbons (Fsp3) is 0.0800. The van der Waals surface area contributed by atoms with Gasteiger partial charge in [-0.25, -0.2) is 17.2 Å². The van der Waals surface area contributed by atoms with E-state index in [2.05, 4.69) is 4.98 Å². The molecule has 0 bridgehead atoms. The van der Waals surface area contributed by atoms with Crippen molar-refractivity contribution in [3.63, 3.8) is 0 Å². The van der Waals surface area contributed by atoms with Gasteiger partial charge in [-0.15, -0.1) is 0 Å². The van der Waals surface area contributed by atoms with Crippen molar-refractivity contribution in [1.29, 1.82) is 0 Å². The molecule has 174 valence electrons. The number of pyridine rings is 1. The van der Waals surface area contributed by atoms with Crippen LogP contribution in [0.25, 0.3) is 11.1 Å². The lowest BCUT2D eigenvalue weighted by Crippen LogP contribution is -2.03. The SMILES string of the molecule is CS(=O)(=O)c1ccccc1Oc1nc(Oc2cccc(-c3cccc(CN)c3)c2)c(F)cc1F. The van der Waals surface area contributed by atoms with Gasteiger partial charge in [-0.3, -0.25) is 0 Å². The molecule has 0 saturated heterocycles. The van der Waals surface area contributed by atoms with Crippen molar-refractivity contribution in [1.82, 2.24) is 4.98 Å². The van der Waals surface area contributed by atoms with E-state index >= 15 is 0 Å². The minimum absolute atomic E-state index is 0.143. The van der Waals surface area contributed by atoms with Crippen LogP contribution in [-0.4, -0.2) is 19.7 Å². The molecule has 0 spiro atoms. The number of hydrogen-bond acceptors (Lipinski definition) is 6. The number of halogens is 2. The van der Waals surface area contributed by atoms with Gasteiger partial charge in [0.25, 0.3) is 11.8 Å². The molecule has 1 heterocycles. The van der Waals surface area contributed by atoms with Gasteiger partial charge < -0.3 is 15.2 Å². The zero-order valence-electron chi connectivity index (χ0n) is 18.0. The molecule has 3 aromatic carbocycles. The van der Waals surface area contributed by atoms with Gasteiger partial charge in [0.1, 0.15) is 16.4 Å². The third-order valence-electron chi connectivity index (χ3n) is 4.86. The standard InChI is InChI=1S/C25H20F2N2O4S/c1-34(30,31)23-11-3-2-10-22(23)33-25-21(27)14-20(26)24(29-25)32-19-9-5-8-18(13-19)17-7-4-6-16(12-17)15-28/h2-14H,15,28H2,1H3. The average molecular weight is 483 g/mol. The fourth-order valence-corrected chi connectivity index (χ4v) is 4.05. The second-order valence-electron chi connectivity index (χ2n) is 7.42. The van der Waals surface area contributed by atoms with E-state index in [0.29, 0.717) is 12.6 Å². The Morgan fingerprint density at radius 2 is 1.47 bits per heavy atom. The number of para-hydroxylation sites is 1. The number of nitrogens with zero attached hydrogens (tertiary/aromatic N) is 1. The highest BCUT2D eigenvalue weighted by Gasteiger charge is 2.20. The van der Waals surface area contributed by atoms with Gasteiger partial charge in [0.15, 0.2) is 21.5 Å². The van der Waals surface area contributed by atoms with Gasteiger partial charge in [-0.1, -0.05) is 42.5 Å². The number of sulfone groups is 1. The molecule has 4 rings (SSSR count). The summed E-state index contributed by atoms with van der Waals surface area (Å²) < 4.78 is 63.8.